The van der Waals surface area contributed by atoms with E-state index in [9.17, 15) is 4.79 Å². The van der Waals surface area contributed by atoms with Crippen LogP contribution < -0.4 is 5.73 Å². The van der Waals surface area contributed by atoms with E-state index in [-0.39, 0.29) is 5.91 Å². The molecule has 132 valence electrons. The molecule has 1 aromatic carbocycles. The molecular weight excluding hydrogens is 308 g/mol. The van der Waals surface area contributed by atoms with Crippen LogP contribution in [0.2, 0.25) is 5.02 Å². The van der Waals surface area contributed by atoms with Gasteiger partial charge in [0, 0.05) is 12.6 Å². The minimum Gasteiger partial charge on any atom is -0.336 e. The van der Waals surface area contributed by atoms with Gasteiger partial charge < -0.3 is 10.6 Å². The minimum atomic E-state index is 0.0810. The number of benzene rings is 1. The average Bonchev–Trinajstić information content (AvgIpc) is 2.59. The number of nitrogens with two attached hydrogens (primary N) is 1. The molecule has 0 bridgehead atoms. The number of hydrogen-bond donors (Lipinski definition) is 1. The van der Waals surface area contributed by atoms with Crippen LogP contribution >= 0.6 is 11.6 Å². The first-order valence-corrected chi connectivity index (χ1v) is 9.13. The van der Waals surface area contributed by atoms with Crippen LogP contribution in [-0.2, 0) is 6.42 Å². The van der Waals surface area contributed by atoms with Gasteiger partial charge in [-0.1, -0.05) is 51.8 Å². The van der Waals surface area contributed by atoms with E-state index in [0.29, 0.717) is 16.6 Å². The molecule has 0 spiro atoms. The van der Waals surface area contributed by atoms with E-state index >= 15 is 0 Å². The fourth-order valence-corrected chi connectivity index (χ4v) is 2.91. The first kappa shape index (κ1) is 21.9. The summed E-state index contributed by atoms with van der Waals surface area (Å²) in [7, 11) is 1.50. The predicted octanol–water partition coefficient (Wildman–Crippen LogP) is 4.91. The summed E-state index contributed by atoms with van der Waals surface area (Å²) in [5, 5.41) is 0.560. The van der Waals surface area contributed by atoms with Crippen molar-refractivity contribution in [3.05, 3.63) is 34.3 Å². The van der Waals surface area contributed by atoms with E-state index in [1.807, 2.05) is 23.1 Å². The van der Waals surface area contributed by atoms with Gasteiger partial charge in [0.05, 0.1) is 10.6 Å². The first-order chi connectivity index (χ1) is 11.1. The van der Waals surface area contributed by atoms with Gasteiger partial charge in [-0.25, -0.2) is 0 Å². The highest BCUT2D eigenvalue weighted by molar-refractivity contribution is 6.33. The molecule has 2 N–H and O–H groups in total. The van der Waals surface area contributed by atoms with Crippen molar-refractivity contribution in [1.29, 1.82) is 0 Å². The highest BCUT2D eigenvalue weighted by atomic mass is 35.5. The summed E-state index contributed by atoms with van der Waals surface area (Å²) in [5.74, 6) is 0.0810. The summed E-state index contributed by atoms with van der Waals surface area (Å²) >= 11 is 6.27. The maximum absolute atomic E-state index is 12.9. The van der Waals surface area contributed by atoms with Crippen LogP contribution in [0.25, 0.3) is 0 Å². The second kappa shape index (κ2) is 12.4. The Bertz CT molecular complexity index is 463. The first-order valence-electron chi connectivity index (χ1n) is 8.76. The molecule has 3 nitrogen and oxygen atoms in total. The highest BCUT2D eigenvalue weighted by Gasteiger charge is 2.24. The normalized spacial score (nSPS) is 11.4. The maximum atomic E-state index is 12.9. The zero-order valence-corrected chi connectivity index (χ0v) is 16.1. The molecule has 1 rings (SSSR count). The third-order valence-corrected chi connectivity index (χ3v) is 4.26. The Labute approximate surface area is 147 Å². The van der Waals surface area contributed by atoms with Gasteiger partial charge in [-0.3, -0.25) is 4.79 Å². The fourth-order valence-electron chi connectivity index (χ4n) is 2.72. The summed E-state index contributed by atoms with van der Waals surface area (Å²) in [6, 6.07) is 6.10. The van der Waals surface area contributed by atoms with E-state index in [4.69, 9.17) is 11.6 Å². The molecule has 0 aromatic heterocycles. The smallest absolute Gasteiger partial charge is 0.255 e. The number of halogens is 1. The number of hydrogen-bond acceptors (Lipinski definition) is 2. The number of rotatable bonds is 8. The molecule has 0 saturated carbocycles. The van der Waals surface area contributed by atoms with Crippen molar-refractivity contribution in [3.8, 4) is 0 Å². The number of carbonyl (C=O) groups is 1. The van der Waals surface area contributed by atoms with Crippen molar-refractivity contribution in [2.24, 2.45) is 5.73 Å². The van der Waals surface area contributed by atoms with Gasteiger partial charge in [-0.2, -0.15) is 0 Å². The van der Waals surface area contributed by atoms with Gasteiger partial charge in [0.1, 0.15) is 0 Å². The monoisotopic (exact) mass is 340 g/mol. The third kappa shape index (κ3) is 6.52. The van der Waals surface area contributed by atoms with Crippen LogP contribution in [0, 0.1) is 0 Å². The molecule has 4 heteroatoms. The van der Waals surface area contributed by atoms with Gasteiger partial charge in [0.15, 0.2) is 0 Å². The number of aryl methyl sites for hydroxylation is 1. The van der Waals surface area contributed by atoms with Crippen LogP contribution in [0.3, 0.4) is 0 Å². The average molecular weight is 341 g/mol. The number of carbonyl (C=O) groups excluding carboxylic acids is 1. The van der Waals surface area contributed by atoms with Crippen molar-refractivity contribution in [2.75, 3.05) is 13.6 Å². The zero-order valence-electron chi connectivity index (χ0n) is 15.4. The highest BCUT2D eigenvalue weighted by Crippen LogP contribution is 2.23. The van der Waals surface area contributed by atoms with Crippen molar-refractivity contribution in [1.82, 2.24) is 4.90 Å². The lowest BCUT2D eigenvalue weighted by atomic mass is 10.0. The molecule has 0 fully saturated rings. The molecule has 0 saturated heterocycles. The van der Waals surface area contributed by atoms with Crippen LogP contribution in [0.4, 0.5) is 0 Å². The van der Waals surface area contributed by atoms with Crippen molar-refractivity contribution >= 4 is 17.5 Å². The topological polar surface area (TPSA) is 46.3 Å². The van der Waals surface area contributed by atoms with Gasteiger partial charge >= 0.3 is 0 Å². The Morgan fingerprint density at radius 3 is 2.30 bits per heavy atom. The van der Waals surface area contributed by atoms with Crippen molar-refractivity contribution in [3.63, 3.8) is 0 Å². The van der Waals surface area contributed by atoms with Gasteiger partial charge in [0.2, 0.25) is 0 Å². The Balaban J connectivity index is 0.00000232. The summed E-state index contributed by atoms with van der Waals surface area (Å²) in [6.07, 6.45) is 5.02. The minimum absolute atomic E-state index is 0.0810. The Kier molecular flexibility index (Phi) is 11.8. The van der Waals surface area contributed by atoms with E-state index < -0.39 is 0 Å². The third-order valence-electron chi connectivity index (χ3n) is 3.93. The van der Waals surface area contributed by atoms with Crippen LogP contribution in [0.1, 0.15) is 69.3 Å². The van der Waals surface area contributed by atoms with Crippen LogP contribution in [-0.4, -0.2) is 30.4 Å². The van der Waals surface area contributed by atoms with Crippen molar-refractivity contribution in [2.45, 2.75) is 65.8 Å². The lowest BCUT2D eigenvalue weighted by Gasteiger charge is -2.31. The Morgan fingerprint density at radius 1 is 1.17 bits per heavy atom. The zero-order chi connectivity index (χ0) is 17.8. The molecule has 1 aromatic rings. The maximum Gasteiger partial charge on any atom is 0.255 e. The molecule has 1 unspecified atom stereocenters. The van der Waals surface area contributed by atoms with Gasteiger partial charge in [0.25, 0.3) is 5.91 Å². The summed E-state index contributed by atoms with van der Waals surface area (Å²) in [5.41, 5.74) is 6.31. The molecular formula is C19H33ClN2O. The van der Waals surface area contributed by atoms with E-state index in [1.54, 1.807) is 0 Å². The quantitative estimate of drug-likeness (QED) is 0.730. The largest absolute Gasteiger partial charge is 0.336 e. The standard InChI is InChI=1S/C18H28ClNO.CH5N/c1-5-9-15(8-4)20(12-6-2)18(21)16-13-14(7-3)10-11-17(16)19;1-2/h10-11,13,15H,5-9,12H2,1-4H3;2H2,1H3. The van der Waals surface area contributed by atoms with Gasteiger partial charge in [-0.15, -0.1) is 0 Å². The molecule has 0 aliphatic carbocycles. The summed E-state index contributed by atoms with van der Waals surface area (Å²) < 4.78 is 0. The predicted molar refractivity (Wildman–Crippen MR) is 101 cm³/mol. The number of nitrogens with zero attached hydrogens (tertiary/aromatic N) is 1. The molecule has 1 amide bonds. The van der Waals surface area contributed by atoms with Crippen molar-refractivity contribution < 1.29 is 4.79 Å². The molecule has 0 aliphatic heterocycles. The Hall–Kier alpha value is -1.06. The van der Waals surface area contributed by atoms with Crippen LogP contribution in [0.5, 0.6) is 0 Å². The number of amides is 1. The summed E-state index contributed by atoms with van der Waals surface area (Å²) in [6.45, 7) is 9.32. The summed E-state index contributed by atoms with van der Waals surface area (Å²) in [4.78, 5) is 15.0. The molecule has 1 atom stereocenters. The lowest BCUT2D eigenvalue weighted by Crippen LogP contribution is -2.40. The van der Waals surface area contributed by atoms with E-state index in [0.717, 1.165) is 44.2 Å². The molecule has 23 heavy (non-hydrogen) atoms. The molecule has 0 heterocycles. The second-order valence-corrected chi connectivity index (χ2v) is 5.92. The second-order valence-electron chi connectivity index (χ2n) is 5.52. The van der Waals surface area contributed by atoms with Gasteiger partial charge in [-0.05, 0) is 50.4 Å². The van der Waals surface area contributed by atoms with E-state index in [1.165, 1.54) is 7.05 Å². The lowest BCUT2D eigenvalue weighted by molar-refractivity contribution is 0.0662. The SMILES string of the molecule is CCCC(CC)N(CCC)C(=O)c1cc(CC)ccc1Cl.CN. The molecule has 0 radical (unpaired) electrons. The van der Waals surface area contributed by atoms with E-state index in [2.05, 4.69) is 33.4 Å². The Morgan fingerprint density at radius 2 is 1.83 bits per heavy atom. The van der Waals surface area contributed by atoms with Crippen LogP contribution in [0.15, 0.2) is 18.2 Å². The fraction of sp³-hybridized carbons (Fsp3) is 0.632. The molecule has 0 aliphatic rings.